The fraction of sp³-hybridized carbons (Fsp3) is 0.600. The fourth-order valence-electron chi connectivity index (χ4n) is 2.16. The van der Waals surface area contributed by atoms with Gasteiger partial charge >= 0.3 is 0 Å². The van der Waals surface area contributed by atoms with E-state index >= 15 is 0 Å². The van der Waals surface area contributed by atoms with Crippen LogP contribution >= 0.6 is 11.6 Å². The standard InChI is InChI=1S/C15H21ClFNO/c1-15(2,3)10-4-5-13(11(16)8-10)19-14-6-7-18-9-12(14)17/h4-5,8,12,14,18H,6-7,9H2,1-3H3/t12-,14-/m0/s1. The average Bonchev–Trinajstić information content (AvgIpc) is 2.33. The number of halogens is 2. The molecule has 2 rings (SSSR count). The quantitative estimate of drug-likeness (QED) is 0.894. The molecule has 0 unspecified atom stereocenters. The highest BCUT2D eigenvalue weighted by molar-refractivity contribution is 6.32. The van der Waals surface area contributed by atoms with E-state index in [-0.39, 0.29) is 5.41 Å². The summed E-state index contributed by atoms with van der Waals surface area (Å²) in [5.74, 6) is 0.573. The Bertz CT molecular complexity index is 444. The minimum Gasteiger partial charge on any atom is -0.486 e. The van der Waals surface area contributed by atoms with Crippen molar-refractivity contribution >= 4 is 11.6 Å². The van der Waals surface area contributed by atoms with Gasteiger partial charge in [-0.25, -0.2) is 4.39 Å². The number of ether oxygens (including phenoxy) is 1. The van der Waals surface area contributed by atoms with Crippen LogP contribution in [0.15, 0.2) is 18.2 Å². The van der Waals surface area contributed by atoms with Gasteiger partial charge in [-0.1, -0.05) is 38.4 Å². The Morgan fingerprint density at radius 2 is 2.11 bits per heavy atom. The maximum atomic E-state index is 13.7. The second kappa shape index (κ2) is 5.68. The zero-order valence-corrected chi connectivity index (χ0v) is 12.4. The summed E-state index contributed by atoms with van der Waals surface area (Å²) in [6, 6.07) is 5.75. The molecule has 1 N–H and O–H groups in total. The predicted octanol–water partition coefficient (Wildman–Crippen LogP) is 3.72. The second-order valence-corrected chi connectivity index (χ2v) is 6.47. The van der Waals surface area contributed by atoms with Crippen molar-refractivity contribution in [2.24, 2.45) is 0 Å². The van der Waals surface area contributed by atoms with Gasteiger partial charge in [0.15, 0.2) is 0 Å². The molecule has 0 bridgehead atoms. The number of rotatable bonds is 2. The van der Waals surface area contributed by atoms with E-state index in [0.717, 1.165) is 12.1 Å². The molecule has 1 aliphatic heterocycles. The second-order valence-electron chi connectivity index (χ2n) is 6.06. The Balaban J connectivity index is 2.13. The molecule has 4 heteroatoms. The molecule has 0 radical (unpaired) electrons. The minimum absolute atomic E-state index is 0.0412. The van der Waals surface area contributed by atoms with Crippen LogP contribution in [-0.4, -0.2) is 25.4 Å². The highest BCUT2D eigenvalue weighted by Crippen LogP contribution is 2.32. The van der Waals surface area contributed by atoms with Gasteiger partial charge < -0.3 is 10.1 Å². The Morgan fingerprint density at radius 1 is 1.37 bits per heavy atom. The van der Waals surface area contributed by atoms with Crippen molar-refractivity contribution in [1.82, 2.24) is 5.32 Å². The molecule has 1 heterocycles. The van der Waals surface area contributed by atoms with E-state index in [2.05, 4.69) is 26.1 Å². The van der Waals surface area contributed by atoms with E-state index in [1.165, 1.54) is 0 Å². The minimum atomic E-state index is -0.980. The zero-order valence-electron chi connectivity index (χ0n) is 11.7. The number of nitrogens with one attached hydrogen (secondary N) is 1. The number of hydrogen-bond acceptors (Lipinski definition) is 2. The molecule has 2 atom stereocenters. The number of piperidine rings is 1. The molecule has 0 saturated carbocycles. The number of benzene rings is 1. The van der Waals surface area contributed by atoms with Gasteiger partial charge in [0.1, 0.15) is 18.0 Å². The van der Waals surface area contributed by atoms with Gasteiger partial charge in [0, 0.05) is 6.54 Å². The lowest BCUT2D eigenvalue weighted by Gasteiger charge is -2.28. The molecule has 0 aromatic heterocycles. The number of alkyl halides is 1. The summed E-state index contributed by atoms with van der Waals surface area (Å²) in [5, 5.41) is 3.56. The Kier molecular flexibility index (Phi) is 4.36. The van der Waals surface area contributed by atoms with Gasteiger partial charge in [-0.15, -0.1) is 0 Å². The van der Waals surface area contributed by atoms with Crippen LogP contribution in [0.1, 0.15) is 32.8 Å². The van der Waals surface area contributed by atoms with Crippen molar-refractivity contribution in [3.8, 4) is 5.75 Å². The van der Waals surface area contributed by atoms with Crippen LogP contribution in [0.5, 0.6) is 5.75 Å². The highest BCUT2D eigenvalue weighted by atomic mass is 35.5. The van der Waals surface area contributed by atoms with Crippen molar-refractivity contribution in [3.05, 3.63) is 28.8 Å². The molecular formula is C15H21ClFNO. The van der Waals surface area contributed by atoms with Crippen LogP contribution in [0.3, 0.4) is 0 Å². The Labute approximate surface area is 119 Å². The maximum Gasteiger partial charge on any atom is 0.149 e. The molecule has 1 saturated heterocycles. The van der Waals surface area contributed by atoms with E-state index in [1.807, 2.05) is 18.2 Å². The molecule has 1 aromatic carbocycles. The summed E-state index contributed by atoms with van der Waals surface area (Å²) >= 11 is 6.24. The van der Waals surface area contributed by atoms with Crippen LogP contribution in [-0.2, 0) is 5.41 Å². The summed E-state index contributed by atoms with van der Waals surface area (Å²) in [6.45, 7) is 7.52. The van der Waals surface area contributed by atoms with Crippen LogP contribution in [0.25, 0.3) is 0 Å². The summed E-state index contributed by atoms with van der Waals surface area (Å²) in [5.41, 5.74) is 1.19. The predicted molar refractivity (Wildman–Crippen MR) is 77.0 cm³/mol. The molecule has 1 fully saturated rings. The lowest BCUT2D eigenvalue weighted by molar-refractivity contribution is 0.0732. The summed E-state index contributed by atoms with van der Waals surface area (Å²) in [7, 11) is 0. The van der Waals surface area contributed by atoms with Crippen molar-refractivity contribution in [1.29, 1.82) is 0 Å². The monoisotopic (exact) mass is 285 g/mol. The van der Waals surface area contributed by atoms with Crippen LogP contribution in [0, 0.1) is 0 Å². The summed E-state index contributed by atoms with van der Waals surface area (Å²) in [4.78, 5) is 0. The average molecular weight is 286 g/mol. The third kappa shape index (κ3) is 3.61. The number of hydrogen-bond donors (Lipinski definition) is 1. The van der Waals surface area contributed by atoms with Crippen LogP contribution < -0.4 is 10.1 Å². The Morgan fingerprint density at radius 3 is 2.68 bits per heavy atom. The van der Waals surface area contributed by atoms with Gasteiger partial charge in [0.25, 0.3) is 0 Å². The SMILES string of the molecule is CC(C)(C)c1ccc(O[C@H]2CCNC[C@@H]2F)c(Cl)c1. The molecule has 106 valence electrons. The van der Waals surface area contributed by atoms with Crippen LogP contribution in [0.2, 0.25) is 5.02 Å². The van der Waals surface area contributed by atoms with Gasteiger partial charge in [-0.2, -0.15) is 0 Å². The molecule has 2 nitrogen and oxygen atoms in total. The van der Waals surface area contributed by atoms with E-state index in [4.69, 9.17) is 16.3 Å². The molecular weight excluding hydrogens is 265 g/mol. The third-order valence-corrected chi connectivity index (χ3v) is 3.72. The van der Waals surface area contributed by atoms with Crippen molar-refractivity contribution in [2.75, 3.05) is 13.1 Å². The van der Waals surface area contributed by atoms with Crippen molar-refractivity contribution < 1.29 is 9.13 Å². The molecule has 0 spiro atoms. The Hall–Kier alpha value is -0.800. The van der Waals surface area contributed by atoms with E-state index in [1.54, 1.807) is 0 Å². The van der Waals surface area contributed by atoms with Crippen molar-refractivity contribution in [2.45, 2.75) is 44.9 Å². The lowest BCUT2D eigenvalue weighted by Crippen LogP contribution is -2.44. The largest absolute Gasteiger partial charge is 0.486 e. The molecule has 0 aliphatic carbocycles. The zero-order chi connectivity index (χ0) is 14.0. The molecule has 1 aliphatic rings. The van der Waals surface area contributed by atoms with E-state index < -0.39 is 12.3 Å². The first-order valence-electron chi connectivity index (χ1n) is 6.69. The van der Waals surface area contributed by atoms with Crippen LogP contribution in [0.4, 0.5) is 4.39 Å². The normalized spacial score (nSPS) is 24.3. The van der Waals surface area contributed by atoms with Gasteiger partial charge in [-0.3, -0.25) is 0 Å². The third-order valence-electron chi connectivity index (χ3n) is 3.42. The van der Waals surface area contributed by atoms with Gasteiger partial charge in [0.2, 0.25) is 0 Å². The highest BCUT2D eigenvalue weighted by Gasteiger charge is 2.27. The first-order chi connectivity index (χ1) is 8.88. The first-order valence-corrected chi connectivity index (χ1v) is 7.07. The van der Waals surface area contributed by atoms with Gasteiger partial charge in [-0.05, 0) is 36.1 Å². The molecule has 19 heavy (non-hydrogen) atoms. The molecule has 1 aromatic rings. The molecule has 0 amide bonds. The van der Waals surface area contributed by atoms with E-state index in [0.29, 0.717) is 23.7 Å². The fourth-order valence-corrected chi connectivity index (χ4v) is 2.38. The smallest absolute Gasteiger partial charge is 0.149 e. The lowest BCUT2D eigenvalue weighted by atomic mass is 9.87. The summed E-state index contributed by atoms with van der Waals surface area (Å²) < 4.78 is 19.4. The topological polar surface area (TPSA) is 21.3 Å². The first kappa shape index (κ1) is 14.6. The maximum absolute atomic E-state index is 13.7. The van der Waals surface area contributed by atoms with Crippen molar-refractivity contribution in [3.63, 3.8) is 0 Å². The van der Waals surface area contributed by atoms with Gasteiger partial charge in [0.05, 0.1) is 5.02 Å². The summed E-state index contributed by atoms with van der Waals surface area (Å²) in [6.07, 6.45) is -0.718. The van der Waals surface area contributed by atoms with E-state index in [9.17, 15) is 4.39 Å².